The zero-order chi connectivity index (χ0) is 19.6. The van der Waals surface area contributed by atoms with E-state index in [2.05, 4.69) is 10.3 Å². The van der Waals surface area contributed by atoms with Gasteiger partial charge in [0.05, 0.1) is 22.2 Å². The van der Waals surface area contributed by atoms with Crippen molar-refractivity contribution in [2.75, 3.05) is 13.1 Å². The van der Waals surface area contributed by atoms with Crippen molar-refractivity contribution < 1.29 is 9.59 Å². The van der Waals surface area contributed by atoms with Gasteiger partial charge >= 0.3 is 0 Å². The van der Waals surface area contributed by atoms with Gasteiger partial charge in [-0.15, -0.1) is 11.3 Å². The minimum Gasteiger partial charge on any atom is -0.348 e. The number of nitrogens with one attached hydrogen (secondary N) is 1. The van der Waals surface area contributed by atoms with Crippen LogP contribution in [0.1, 0.15) is 53.9 Å². The van der Waals surface area contributed by atoms with E-state index in [0.717, 1.165) is 21.1 Å². The summed E-state index contributed by atoms with van der Waals surface area (Å²) in [6.45, 7) is 8.78. The predicted molar refractivity (Wildman–Crippen MR) is 108 cm³/mol. The topological polar surface area (TPSA) is 62.3 Å². The number of likely N-dealkylation sites (tertiary alicyclic amines) is 1. The number of carbonyl (C=O) groups excluding carboxylic acids is 2. The van der Waals surface area contributed by atoms with Crippen molar-refractivity contribution in [3.8, 4) is 0 Å². The zero-order valence-corrected chi connectivity index (χ0v) is 17.2. The molecule has 1 aromatic heterocycles. The van der Waals surface area contributed by atoms with Gasteiger partial charge in [0.25, 0.3) is 0 Å². The van der Waals surface area contributed by atoms with Crippen molar-refractivity contribution in [1.29, 1.82) is 0 Å². The molecule has 1 unspecified atom stereocenters. The number of nitrogens with zero attached hydrogens (tertiary/aromatic N) is 2. The molecule has 1 saturated heterocycles. The maximum absolute atomic E-state index is 13.5. The van der Waals surface area contributed by atoms with Crippen molar-refractivity contribution in [1.82, 2.24) is 15.2 Å². The average molecular weight is 386 g/mol. The van der Waals surface area contributed by atoms with Crippen molar-refractivity contribution in [3.63, 3.8) is 0 Å². The van der Waals surface area contributed by atoms with Crippen molar-refractivity contribution in [2.24, 2.45) is 0 Å². The second-order valence-electron chi connectivity index (χ2n) is 7.33. The van der Waals surface area contributed by atoms with Crippen LogP contribution in [-0.2, 0) is 15.0 Å². The first-order valence-corrected chi connectivity index (χ1v) is 10.2. The Morgan fingerprint density at radius 3 is 2.33 bits per heavy atom. The first-order chi connectivity index (χ1) is 12.8. The number of thiazole rings is 1. The molecule has 0 aliphatic carbocycles. The Kier molecular flexibility index (Phi) is 5.65. The molecule has 3 rings (SSSR count). The van der Waals surface area contributed by atoms with E-state index in [9.17, 15) is 9.59 Å². The summed E-state index contributed by atoms with van der Waals surface area (Å²) in [4.78, 5) is 32.6. The summed E-state index contributed by atoms with van der Waals surface area (Å²) in [5, 5.41) is 4.24. The molecule has 1 atom stereocenters. The third kappa shape index (κ3) is 3.90. The van der Waals surface area contributed by atoms with Gasteiger partial charge in [-0.3, -0.25) is 9.59 Å². The Morgan fingerprint density at radius 2 is 1.81 bits per heavy atom. The van der Waals surface area contributed by atoms with Gasteiger partial charge in [0.1, 0.15) is 0 Å². The lowest BCUT2D eigenvalue weighted by Crippen LogP contribution is -2.52. The Labute approximate surface area is 164 Å². The molecule has 0 bridgehead atoms. The highest BCUT2D eigenvalue weighted by atomic mass is 32.1. The van der Waals surface area contributed by atoms with E-state index in [1.807, 2.05) is 56.0 Å². The number of hydrogen-bond donors (Lipinski definition) is 1. The summed E-state index contributed by atoms with van der Waals surface area (Å²) in [7, 11) is 0. The van der Waals surface area contributed by atoms with Crippen LogP contribution in [0.25, 0.3) is 0 Å². The Balaban J connectivity index is 1.86. The van der Waals surface area contributed by atoms with E-state index in [-0.39, 0.29) is 17.9 Å². The van der Waals surface area contributed by atoms with Gasteiger partial charge in [0.2, 0.25) is 11.8 Å². The number of amides is 2. The van der Waals surface area contributed by atoms with Crippen LogP contribution in [0.2, 0.25) is 0 Å². The Hall–Kier alpha value is -2.21. The molecule has 1 fully saturated rings. The zero-order valence-electron chi connectivity index (χ0n) is 16.4. The summed E-state index contributed by atoms with van der Waals surface area (Å²) in [6.07, 6.45) is 1.27. The summed E-state index contributed by atoms with van der Waals surface area (Å²) >= 11 is 1.63. The van der Waals surface area contributed by atoms with E-state index in [1.54, 1.807) is 18.3 Å². The van der Waals surface area contributed by atoms with Gasteiger partial charge in [-0.1, -0.05) is 30.3 Å². The standard InChI is InChI=1S/C21H27N3O2S/c1-14-19(27-16(3)22-14)15(2)23-20(26)21(18-8-6-5-7-9-18)10-12-24(13-11-21)17(4)25/h5-9,15H,10-13H2,1-4H3,(H,23,26). The van der Waals surface area contributed by atoms with Crippen LogP contribution in [0.4, 0.5) is 0 Å². The van der Waals surface area contributed by atoms with E-state index in [1.165, 1.54) is 0 Å². The monoisotopic (exact) mass is 385 g/mol. The maximum Gasteiger partial charge on any atom is 0.231 e. The van der Waals surface area contributed by atoms with Crippen LogP contribution >= 0.6 is 11.3 Å². The second-order valence-corrected chi connectivity index (χ2v) is 8.57. The van der Waals surface area contributed by atoms with E-state index >= 15 is 0 Å². The first-order valence-electron chi connectivity index (χ1n) is 9.39. The molecule has 1 aliphatic heterocycles. The summed E-state index contributed by atoms with van der Waals surface area (Å²) in [6, 6.07) is 9.87. The fourth-order valence-electron chi connectivity index (χ4n) is 3.96. The summed E-state index contributed by atoms with van der Waals surface area (Å²) in [5.41, 5.74) is 1.40. The first kappa shape index (κ1) is 19.5. The second kappa shape index (κ2) is 7.80. The lowest BCUT2D eigenvalue weighted by Gasteiger charge is -2.41. The molecule has 144 valence electrons. The lowest BCUT2D eigenvalue weighted by atomic mass is 9.71. The molecule has 0 radical (unpaired) electrons. The third-order valence-corrected chi connectivity index (χ3v) is 6.76. The summed E-state index contributed by atoms with van der Waals surface area (Å²) < 4.78 is 0. The van der Waals surface area contributed by atoms with Crippen LogP contribution < -0.4 is 5.32 Å². The average Bonchev–Trinajstić information content (AvgIpc) is 3.00. The van der Waals surface area contributed by atoms with Crippen LogP contribution in [0.3, 0.4) is 0 Å². The highest BCUT2D eigenvalue weighted by Crippen LogP contribution is 2.37. The molecule has 27 heavy (non-hydrogen) atoms. The number of aromatic nitrogens is 1. The Morgan fingerprint density at radius 1 is 1.19 bits per heavy atom. The van der Waals surface area contributed by atoms with Crippen molar-refractivity contribution in [3.05, 3.63) is 51.5 Å². The molecule has 1 aromatic carbocycles. The molecule has 1 aliphatic rings. The quantitative estimate of drug-likeness (QED) is 0.876. The van der Waals surface area contributed by atoms with Crippen molar-refractivity contribution in [2.45, 2.75) is 52.0 Å². The van der Waals surface area contributed by atoms with Crippen LogP contribution in [-0.4, -0.2) is 34.8 Å². The molecular weight excluding hydrogens is 358 g/mol. The molecule has 0 spiro atoms. The molecule has 2 amide bonds. The minimum atomic E-state index is -0.602. The molecular formula is C21H27N3O2S. The number of carbonyl (C=O) groups is 2. The van der Waals surface area contributed by atoms with Gasteiger partial charge < -0.3 is 10.2 Å². The number of hydrogen-bond acceptors (Lipinski definition) is 4. The van der Waals surface area contributed by atoms with Crippen molar-refractivity contribution >= 4 is 23.2 Å². The molecule has 6 heteroatoms. The van der Waals surface area contributed by atoms with Gasteiger partial charge in [0.15, 0.2) is 0 Å². The van der Waals surface area contributed by atoms with Crippen LogP contribution in [0.5, 0.6) is 0 Å². The maximum atomic E-state index is 13.5. The normalized spacial score (nSPS) is 17.4. The molecule has 1 N–H and O–H groups in total. The smallest absolute Gasteiger partial charge is 0.231 e. The van der Waals surface area contributed by atoms with Gasteiger partial charge in [-0.2, -0.15) is 0 Å². The fourth-order valence-corrected chi connectivity index (χ4v) is 4.89. The molecule has 0 saturated carbocycles. The highest BCUT2D eigenvalue weighted by Gasteiger charge is 2.43. The van der Waals surface area contributed by atoms with Crippen LogP contribution in [0, 0.1) is 13.8 Å². The fraction of sp³-hybridized carbons (Fsp3) is 0.476. The number of aryl methyl sites for hydroxylation is 2. The van der Waals surface area contributed by atoms with E-state index in [0.29, 0.717) is 25.9 Å². The van der Waals surface area contributed by atoms with Gasteiger partial charge in [-0.05, 0) is 39.2 Å². The number of rotatable bonds is 4. The van der Waals surface area contributed by atoms with Crippen LogP contribution in [0.15, 0.2) is 30.3 Å². The van der Waals surface area contributed by atoms with Gasteiger partial charge in [-0.25, -0.2) is 4.98 Å². The lowest BCUT2D eigenvalue weighted by molar-refractivity contribution is -0.135. The molecule has 5 nitrogen and oxygen atoms in total. The molecule has 2 heterocycles. The third-order valence-electron chi connectivity index (χ3n) is 5.50. The van der Waals surface area contributed by atoms with E-state index < -0.39 is 5.41 Å². The summed E-state index contributed by atoms with van der Waals surface area (Å²) in [5.74, 6) is 0.107. The highest BCUT2D eigenvalue weighted by molar-refractivity contribution is 7.11. The van der Waals surface area contributed by atoms with Gasteiger partial charge in [0, 0.05) is 24.9 Å². The SMILES string of the molecule is CC(=O)N1CCC(C(=O)NC(C)c2sc(C)nc2C)(c2ccccc2)CC1. The van der Waals surface area contributed by atoms with E-state index in [4.69, 9.17) is 0 Å². The predicted octanol–water partition coefficient (Wildman–Crippen LogP) is 3.52. The minimum absolute atomic E-state index is 0.0369. The Bertz CT molecular complexity index is 823. The number of benzene rings is 1. The molecule has 2 aromatic rings. The largest absolute Gasteiger partial charge is 0.348 e. The number of piperidine rings is 1.